The lowest BCUT2D eigenvalue weighted by molar-refractivity contribution is 0.0598. The van der Waals surface area contributed by atoms with Gasteiger partial charge in [-0.1, -0.05) is 0 Å². The molecule has 1 saturated heterocycles. The van der Waals surface area contributed by atoms with Gasteiger partial charge in [0.1, 0.15) is 5.56 Å². The molecule has 0 N–H and O–H groups in total. The van der Waals surface area contributed by atoms with Gasteiger partial charge in [-0.3, -0.25) is 14.5 Å². The van der Waals surface area contributed by atoms with Gasteiger partial charge in [-0.05, 0) is 25.0 Å². The van der Waals surface area contributed by atoms with Crippen LogP contribution in [0.3, 0.4) is 0 Å². The highest BCUT2D eigenvalue weighted by molar-refractivity contribution is 5.96. The highest BCUT2D eigenvalue weighted by atomic mass is 19.1. The van der Waals surface area contributed by atoms with Crippen LogP contribution < -0.4 is 15.3 Å². The molecule has 7 heteroatoms. The monoisotopic (exact) mass is 345 g/mol. The van der Waals surface area contributed by atoms with Gasteiger partial charge in [0.15, 0.2) is 6.30 Å². The van der Waals surface area contributed by atoms with Crippen molar-refractivity contribution < 1.29 is 13.9 Å². The Morgan fingerprint density at radius 2 is 2.00 bits per heavy atom. The van der Waals surface area contributed by atoms with Crippen LogP contribution in [0.15, 0.2) is 23.1 Å². The molecule has 132 valence electrons. The number of halogens is 1. The molecule has 0 unspecified atom stereocenters. The molecule has 0 spiro atoms. The molecule has 0 bridgehead atoms. The number of nitrogens with zero attached hydrogens (tertiary/aromatic N) is 3. The van der Waals surface area contributed by atoms with Gasteiger partial charge >= 0.3 is 5.97 Å². The van der Waals surface area contributed by atoms with Crippen molar-refractivity contribution in [2.24, 2.45) is 0 Å². The van der Waals surface area contributed by atoms with Gasteiger partial charge in [0.2, 0.25) is 5.43 Å². The zero-order valence-corrected chi connectivity index (χ0v) is 14.3. The van der Waals surface area contributed by atoms with Crippen LogP contribution in [0, 0.1) is 0 Å². The first kappa shape index (κ1) is 15.9. The largest absolute Gasteiger partial charge is 0.465 e. The first-order valence-electron chi connectivity index (χ1n) is 8.44. The summed E-state index contributed by atoms with van der Waals surface area (Å²) in [7, 11) is 2.84. The summed E-state index contributed by atoms with van der Waals surface area (Å²) in [6, 6.07) is 3.62. The molecule has 2 aliphatic rings. The average Bonchev–Trinajstić information content (AvgIpc) is 3.14. The molecule has 1 fully saturated rings. The molecule has 2 aromatic rings. The van der Waals surface area contributed by atoms with Gasteiger partial charge in [0.25, 0.3) is 0 Å². The molecule has 1 atom stereocenters. The Hall–Kier alpha value is -2.57. The second-order valence-electron chi connectivity index (χ2n) is 6.57. The minimum absolute atomic E-state index is 0.0872. The van der Waals surface area contributed by atoms with Crippen molar-refractivity contribution in [2.45, 2.75) is 25.6 Å². The van der Waals surface area contributed by atoms with Crippen LogP contribution in [-0.4, -0.2) is 44.2 Å². The average molecular weight is 345 g/mol. The third kappa shape index (κ3) is 2.29. The number of carbonyl (C=O) groups is 1. The fraction of sp³-hybridized carbons (Fsp3) is 0.444. The quantitative estimate of drug-likeness (QED) is 0.614. The van der Waals surface area contributed by atoms with Crippen LogP contribution >= 0.6 is 0 Å². The minimum atomic E-state index is -1.23. The number of hydrogen-bond acceptors (Lipinski definition) is 5. The molecule has 2 aliphatic heterocycles. The first-order chi connectivity index (χ1) is 12.0. The van der Waals surface area contributed by atoms with Crippen molar-refractivity contribution in [1.29, 1.82) is 0 Å². The van der Waals surface area contributed by atoms with Crippen molar-refractivity contribution in [2.75, 3.05) is 37.2 Å². The van der Waals surface area contributed by atoms with Gasteiger partial charge in [0.05, 0.1) is 12.6 Å². The third-order valence-electron chi connectivity index (χ3n) is 5.20. The van der Waals surface area contributed by atoms with Crippen molar-refractivity contribution in [3.63, 3.8) is 0 Å². The lowest BCUT2D eigenvalue weighted by Gasteiger charge is -2.35. The summed E-state index contributed by atoms with van der Waals surface area (Å²) in [5.41, 5.74) is 2.03. The molecule has 6 nitrogen and oxygen atoms in total. The van der Waals surface area contributed by atoms with E-state index in [0.717, 1.165) is 37.2 Å². The normalized spacial score (nSPS) is 19.6. The van der Waals surface area contributed by atoms with E-state index >= 15 is 0 Å². The lowest BCUT2D eigenvalue weighted by Crippen LogP contribution is -2.44. The van der Waals surface area contributed by atoms with Crippen LogP contribution in [0.5, 0.6) is 0 Å². The van der Waals surface area contributed by atoms with Crippen molar-refractivity contribution >= 4 is 22.6 Å². The molecule has 0 radical (unpaired) electrons. The Balaban J connectivity index is 2.04. The van der Waals surface area contributed by atoms with E-state index < -0.39 is 12.3 Å². The van der Waals surface area contributed by atoms with Gasteiger partial charge in [-0.15, -0.1) is 0 Å². The van der Waals surface area contributed by atoms with Crippen LogP contribution in [0.1, 0.15) is 28.8 Å². The Bertz CT molecular complexity index is 918. The second-order valence-corrected chi connectivity index (χ2v) is 6.57. The number of hydrogen-bond donors (Lipinski definition) is 0. The van der Waals surface area contributed by atoms with Crippen LogP contribution in [0.4, 0.5) is 10.1 Å². The standard InChI is InChI=1S/C18H20FN3O3/c1-20-15(19)9-12-14(21-7-3-4-8-21)6-5-11-16(12)22(20)10-13(17(11)23)18(24)25-2/h5-6,10,15H,3-4,7-9H2,1-2H3/t15-/m1/s1. The maximum absolute atomic E-state index is 14.7. The number of pyridine rings is 1. The molecule has 25 heavy (non-hydrogen) atoms. The number of likely N-dealkylation sites (N-methyl/N-ethyl adjacent to an activating group) is 1. The first-order valence-corrected chi connectivity index (χ1v) is 8.44. The lowest BCUT2D eigenvalue weighted by atomic mass is 10.00. The zero-order valence-electron chi connectivity index (χ0n) is 14.3. The van der Waals surface area contributed by atoms with Crippen LogP contribution in [0.2, 0.25) is 0 Å². The molecule has 0 aliphatic carbocycles. The highest BCUT2D eigenvalue weighted by Crippen LogP contribution is 2.34. The van der Waals surface area contributed by atoms with E-state index in [0.29, 0.717) is 10.9 Å². The SMILES string of the molecule is COC(=O)c1cn2c3c(c(N4CCCC4)ccc3c1=O)C[C@H](F)N2C. The van der Waals surface area contributed by atoms with Gasteiger partial charge in [0, 0.05) is 49.4 Å². The van der Waals surface area contributed by atoms with E-state index in [1.807, 2.05) is 6.07 Å². The zero-order chi connectivity index (χ0) is 17.7. The summed E-state index contributed by atoms with van der Waals surface area (Å²) in [5, 5.41) is 1.83. The molecule has 4 rings (SSSR count). The molecular formula is C18H20FN3O3. The number of esters is 1. The number of ether oxygens (including phenoxy) is 1. The van der Waals surface area contributed by atoms with Crippen molar-refractivity contribution in [3.05, 3.63) is 39.7 Å². The smallest absolute Gasteiger partial charge is 0.343 e. The number of benzene rings is 1. The Labute approximate surface area is 144 Å². The second kappa shape index (κ2) is 5.75. The summed E-state index contributed by atoms with van der Waals surface area (Å²) in [6.45, 7) is 1.88. The third-order valence-corrected chi connectivity index (χ3v) is 5.20. The van der Waals surface area contributed by atoms with Crippen molar-refractivity contribution in [1.82, 2.24) is 4.68 Å². The maximum atomic E-state index is 14.7. The van der Waals surface area contributed by atoms with E-state index in [1.165, 1.54) is 18.3 Å². The maximum Gasteiger partial charge on any atom is 0.343 e. The fourth-order valence-electron chi connectivity index (χ4n) is 3.86. The number of anilines is 1. The number of rotatable bonds is 2. The summed E-state index contributed by atoms with van der Waals surface area (Å²) < 4.78 is 20.9. The van der Waals surface area contributed by atoms with Gasteiger partial charge in [-0.25, -0.2) is 9.18 Å². The molecule has 0 saturated carbocycles. The fourth-order valence-corrected chi connectivity index (χ4v) is 3.86. The molecule has 3 heterocycles. The summed E-state index contributed by atoms with van der Waals surface area (Å²) in [5.74, 6) is -0.713. The number of carbonyl (C=O) groups excluding carboxylic acids is 1. The van der Waals surface area contributed by atoms with E-state index in [1.54, 1.807) is 17.8 Å². The number of alkyl halides is 1. The molecule has 0 amide bonds. The van der Waals surface area contributed by atoms with E-state index in [-0.39, 0.29) is 17.4 Å². The number of methoxy groups -OCH3 is 1. The Kier molecular flexibility index (Phi) is 3.67. The number of aromatic nitrogens is 1. The summed E-state index contributed by atoms with van der Waals surface area (Å²) in [4.78, 5) is 27.0. The minimum Gasteiger partial charge on any atom is -0.465 e. The summed E-state index contributed by atoms with van der Waals surface area (Å²) >= 11 is 0. The molecule has 1 aromatic carbocycles. The van der Waals surface area contributed by atoms with Crippen molar-refractivity contribution in [3.8, 4) is 0 Å². The molecule has 1 aromatic heterocycles. The van der Waals surface area contributed by atoms with Crippen LogP contribution in [0.25, 0.3) is 10.9 Å². The van der Waals surface area contributed by atoms with Crippen LogP contribution in [-0.2, 0) is 11.2 Å². The van der Waals surface area contributed by atoms with E-state index in [9.17, 15) is 14.0 Å². The van der Waals surface area contributed by atoms with Gasteiger partial charge in [-0.2, -0.15) is 0 Å². The van der Waals surface area contributed by atoms with Gasteiger partial charge < -0.3 is 9.64 Å². The highest BCUT2D eigenvalue weighted by Gasteiger charge is 2.30. The predicted octanol–water partition coefficient (Wildman–Crippen LogP) is 1.81. The predicted molar refractivity (Wildman–Crippen MR) is 93.7 cm³/mol. The molecular weight excluding hydrogens is 325 g/mol. The Morgan fingerprint density at radius 3 is 2.68 bits per heavy atom. The topological polar surface area (TPSA) is 54.8 Å². The summed E-state index contributed by atoms with van der Waals surface area (Å²) in [6.07, 6.45) is 2.61. The Morgan fingerprint density at radius 1 is 1.28 bits per heavy atom. The van der Waals surface area contributed by atoms with E-state index in [4.69, 9.17) is 4.74 Å². The van der Waals surface area contributed by atoms with E-state index in [2.05, 4.69) is 4.90 Å².